The molecule has 0 heterocycles. The first kappa shape index (κ1) is 23.3. The van der Waals surface area contributed by atoms with Crippen molar-refractivity contribution in [2.75, 3.05) is 18.5 Å². The molecule has 0 aliphatic heterocycles. The summed E-state index contributed by atoms with van der Waals surface area (Å²) in [6.45, 7) is 4.43. The number of hydrogen-bond donors (Lipinski definition) is 1. The van der Waals surface area contributed by atoms with E-state index < -0.39 is 17.6 Å². The van der Waals surface area contributed by atoms with Crippen LogP contribution in [0.1, 0.15) is 25.0 Å². The number of nitrogens with zero attached hydrogens (tertiary/aromatic N) is 1. The number of carbonyl (C=O) groups is 1. The summed E-state index contributed by atoms with van der Waals surface area (Å²) in [6, 6.07) is 9.20. The van der Waals surface area contributed by atoms with Crippen molar-refractivity contribution in [3.05, 3.63) is 57.6 Å². The summed E-state index contributed by atoms with van der Waals surface area (Å²) >= 11 is 3.36. The minimum atomic E-state index is -4.54. The summed E-state index contributed by atoms with van der Waals surface area (Å²) in [7, 11) is 0. The zero-order valence-electron chi connectivity index (χ0n) is 16.1. The van der Waals surface area contributed by atoms with Gasteiger partial charge in [-0.1, -0.05) is 22.0 Å². The normalized spacial score (nSPS) is 11.6. The fourth-order valence-electron chi connectivity index (χ4n) is 2.47. The highest BCUT2D eigenvalue weighted by molar-refractivity contribution is 9.10. The van der Waals surface area contributed by atoms with Gasteiger partial charge in [0.15, 0.2) is 11.5 Å². The van der Waals surface area contributed by atoms with Crippen LogP contribution in [0.25, 0.3) is 6.08 Å². The average Bonchev–Trinajstić information content (AvgIpc) is 2.68. The Labute approximate surface area is 180 Å². The third kappa shape index (κ3) is 6.00. The van der Waals surface area contributed by atoms with E-state index in [-0.39, 0.29) is 11.3 Å². The Hall–Kier alpha value is -2.99. The van der Waals surface area contributed by atoms with E-state index in [4.69, 9.17) is 9.47 Å². The number of hydrogen-bond acceptors (Lipinski definition) is 4. The first-order valence-electron chi connectivity index (χ1n) is 8.89. The number of carbonyl (C=O) groups excluding carboxylic acids is 1. The maximum absolute atomic E-state index is 12.8. The van der Waals surface area contributed by atoms with Crippen LogP contribution in [0.2, 0.25) is 0 Å². The van der Waals surface area contributed by atoms with Crippen LogP contribution in [0.3, 0.4) is 0 Å². The largest absolute Gasteiger partial charge is 0.490 e. The third-order valence-electron chi connectivity index (χ3n) is 3.78. The minimum absolute atomic E-state index is 0.0725. The second-order valence-electron chi connectivity index (χ2n) is 5.89. The molecule has 2 rings (SSSR count). The second-order valence-corrected chi connectivity index (χ2v) is 6.74. The molecule has 0 aromatic heterocycles. The Morgan fingerprint density at radius 2 is 1.80 bits per heavy atom. The molecular formula is C21H18BrF3N2O3. The standard InChI is InChI=1S/C21H18BrF3N2O3/c1-3-29-18-9-13(17(22)11-19(18)30-4-2)8-14(12-26)20(28)27-16-7-5-6-15(10-16)21(23,24)25/h5-11H,3-4H2,1-2H3,(H,27,28)/b14-8-. The lowest BCUT2D eigenvalue weighted by molar-refractivity contribution is -0.137. The van der Waals surface area contributed by atoms with Gasteiger partial charge in [0.05, 0.1) is 18.8 Å². The van der Waals surface area contributed by atoms with Gasteiger partial charge in [-0.3, -0.25) is 4.79 Å². The van der Waals surface area contributed by atoms with E-state index in [1.54, 1.807) is 25.1 Å². The van der Waals surface area contributed by atoms with Crippen molar-refractivity contribution in [2.24, 2.45) is 0 Å². The number of anilines is 1. The Bertz CT molecular complexity index is 998. The lowest BCUT2D eigenvalue weighted by Crippen LogP contribution is -2.14. The van der Waals surface area contributed by atoms with E-state index in [2.05, 4.69) is 21.2 Å². The zero-order valence-corrected chi connectivity index (χ0v) is 17.7. The van der Waals surface area contributed by atoms with Gasteiger partial charge >= 0.3 is 6.18 Å². The Morgan fingerprint density at radius 1 is 1.17 bits per heavy atom. The SMILES string of the molecule is CCOc1cc(Br)c(/C=C(/C#N)C(=O)Nc2cccc(C(F)(F)F)c2)cc1OCC. The molecule has 2 aromatic rings. The van der Waals surface area contributed by atoms with Crippen LogP contribution in [0.4, 0.5) is 18.9 Å². The number of amides is 1. The summed E-state index contributed by atoms with van der Waals surface area (Å²) < 4.78 is 50.1. The fraction of sp³-hybridized carbons (Fsp3) is 0.238. The molecule has 30 heavy (non-hydrogen) atoms. The van der Waals surface area contributed by atoms with Crippen LogP contribution in [0.15, 0.2) is 46.4 Å². The molecule has 158 valence electrons. The van der Waals surface area contributed by atoms with Crippen LogP contribution < -0.4 is 14.8 Å². The molecule has 0 radical (unpaired) electrons. The molecule has 2 aromatic carbocycles. The maximum Gasteiger partial charge on any atom is 0.416 e. The number of nitrogens with one attached hydrogen (secondary N) is 1. The first-order valence-corrected chi connectivity index (χ1v) is 9.68. The van der Waals surface area contributed by atoms with Gasteiger partial charge in [-0.25, -0.2) is 0 Å². The van der Waals surface area contributed by atoms with Crippen molar-refractivity contribution in [1.82, 2.24) is 0 Å². The molecule has 0 saturated heterocycles. The summed E-state index contributed by atoms with van der Waals surface area (Å²) in [5.41, 5.74) is -0.799. The molecule has 0 aliphatic carbocycles. The number of alkyl halides is 3. The van der Waals surface area contributed by atoms with Crippen LogP contribution in [-0.2, 0) is 11.0 Å². The second kappa shape index (κ2) is 10.2. The lowest BCUT2D eigenvalue weighted by Gasteiger charge is -2.13. The average molecular weight is 483 g/mol. The molecule has 0 spiro atoms. The molecule has 1 N–H and O–H groups in total. The molecule has 1 amide bonds. The molecule has 0 bridgehead atoms. The monoisotopic (exact) mass is 482 g/mol. The number of nitriles is 1. The van der Waals surface area contributed by atoms with Crippen LogP contribution >= 0.6 is 15.9 Å². The number of ether oxygens (including phenoxy) is 2. The number of halogens is 4. The van der Waals surface area contributed by atoms with Crippen molar-refractivity contribution in [3.8, 4) is 17.6 Å². The molecular weight excluding hydrogens is 465 g/mol. The van der Waals surface area contributed by atoms with E-state index in [0.717, 1.165) is 12.1 Å². The van der Waals surface area contributed by atoms with E-state index in [9.17, 15) is 23.2 Å². The summed E-state index contributed by atoms with van der Waals surface area (Å²) in [5.74, 6) is 0.0928. The first-order chi connectivity index (χ1) is 14.2. The van der Waals surface area contributed by atoms with Gasteiger partial charge < -0.3 is 14.8 Å². The van der Waals surface area contributed by atoms with E-state index in [1.165, 1.54) is 18.2 Å². The number of benzene rings is 2. The highest BCUT2D eigenvalue weighted by atomic mass is 79.9. The van der Waals surface area contributed by atoms with E-state index in [0.29, 0.717) is 34.7 Å². The van der Waals surface area contributed by atoms with Gasteiger partial charge in [0, 0.05) is 10.2 Å². The van der Waals surface area contributed by atoms with Gasteiger partial charge in [0.1, 0.15) is 11.6 Å². The summed E-state index contributed by atoms with van der Waals surface area (Å²) in [5, 5.41) is 11.7. The highest BCUT2D eigenvalue weighted by Gasteiger charge is 2.30. The molecule has 5 nitrogen and oxygen atoms in total. The fourth-order valence-corrected chi connectivity index (χ4v) is 2.91. The van der Waals surface area contributed by atoms with Gasteiger partial charge in [0.25, 0.3) is 5.91 Å². The van der Waals surface area contributed by atoms with Crippen molar-refractivity contribution in [3.63, 3.8) is 0 Å². The van der Waals surface area contributed by atoms with Crippen LogP contribution in [0.5, 0.6) is 11.5 Å². The smallest absolute Gasteiger partial charge is 0.416 e. The van der Waals surface area contributed by atoms with Gasteiger partial charge in [-0.2, -0.15) is 18.4 Å². The Morgan fingerprint density at radius 3 is 2.37 bits per heavy atom. The summed E-state index contributed by atoms with van der Waals surface area (Å²) in [4.78, 5) is 12.4. The van der Waals surface area contributed by atoms with Crippen molar-refractivity contribution in [2.45, 2.75) is 20.0 Å². The molecule has 0 unspecified atom stereocenters. The van der Waals surface area contributed by atoms with Crippen molar-refractivity contribution in [1.29, 1.82) is 5.26 Å². The van der Waals surface area contributed by atoms with Crippen LogP contribution in [-0.4, -0.2) is 19.1 Å². The van der Waals surface area contributed by atoms with E-state index in [1.807, 2.05) is 6.92 Å². The van der Waals surface area contributed by atoms with Gasteiger partial charge in [-0.15, -0.1) is 0 Å². The Balaban J connectivity index is 2.34. The van der Waals surface area contributed by atoms with Gasteiger partial charge in [0.2, 0.25) is 0 Å². The molecule has 0 aliphatic rings. The maximum atomic E-state index is 12.8. The molecule has 9 heteroatoms. The molecule has 0 atom stereocenters. The van der Waals surface area contributed by atoms with Crippen LogP contribution in [0, 0.1) is 11.3 Å². The Kier molecular flexibility index (Phi) is 7.89. The summed E-state index contributed by atoms with van der Waals surface area (Å²) in [6.07, 6.45) is -3.23. The number of rotatable bonds is 7. The van der Waals surface area contributed by atoms with Crippen molar-refractivity contribution < 1.29 is 27.4 Å². The predicted octanol–water partition coefficient (Wildman–Crippen LogP) is 5.81. The molecule has 0 fully saturated rings. The third-order valence-corrected chi connectivity index (χ3v) is 4.46. The molecule has 0 saturated carbocycles. The quantitative estimate of drug-likeness (QED) is 0.399. The highest BCUT2D eigenvalue weighted by Crippen LogP contribution is 2.35. The lowest BCUT2D eigenvalue weighted by atomic mass is 10.1. The van der Waals surface area contributed by atoms with Gasteiger partial charge in [-0.05, 0) is 55.8 Å². The van der Waals surface area contributed by atoms with Crippen molar-refractivity contribution >= 4 is 33.6 Å². The van der Waals surface area contributed by atoms with E-state index >= 15 is 0 Å². The zero-order chi connectivity index (χ0) is 22.3. The minimum Gasteiger partial charge on any atom is -0.490 e. The predicted molar refractivity (Wildman–Crippen MR) is 110 cm³/mol. The topological polar surface area (TPSA) is 71.3 Å².